The van der Waals surface area contributed by atoms with Crippen molar-refractivity contribution in [2.75, 3.05) is 11.9 Å². The maximum absolute atomic E-state index is 12.1. The Balaban J connectivity index is 2.29. The van der Waals surface area contributed by atoms with Crippen molar-refractivity contribution in [1.82, 2.24) is 4.98 Å². The Morgan fingerprint density at radius 3 is 2.85 bits per heavy atom. The molecule has 0 saturated heterocycles. The summed E-state index contributed by atoms with van der Waals surface area (Å²) in [6.07, 6.45) is 2.84. The molecule has 20 heavy (non-hydrogen) atoms. The van der Waals surface area contributed by atoms with Crippen molar-refractivity contribution >= 4 is 11.6 Å². The number of nitrogens with one attached hydrogen (secondary N) is 2. The molecule has 0 fully saturated rings. The molecular weight excluding hydrogens is 254 g/mol. The quantitative estimate of drug-likeness (QED) is 0.707. The number of anilines is 1. The maximum atomic E-state index is 12.1. The van der Waals surface area contributed by atoms with Crippen LogP contribution in [0.5, 0.6) is 0 Å². The lowest BCUT2D eigenvalue weighted by molar-refractivity contribution is 0.102. The van der Waals surface area contributed by atoms with E-state index in [0.717, 1.165) is 0 Å². The smallest absolute Gasteiger partial charge is 0.261 e. The van der Waals surface area contributed by atoms with Gasteiger partial charge in [0.1, 0.15) is 5.56 Å². The van der Waals surface area contributed by atoms with Gasteiger partial charge in [-0.2, -0.15) is 0 Å². The highest BCUT2D eigenvalue weighted by Gasteiger charge is 2.11. The number of amides is 1. The van der Waals surface area contributed by atoms with E-state index in [9.17, 15) is 9.59 Å². The van der Waals surface area contributed by atoms with Crippen LogP contribution in [0.25, 0.3) is 0 Å². The fourth-order valence-electron chi connectivity index (χ4n) is 1.63. The maximum Gasteiger partial charge on any atom is 0.261 e. The predicted octanol–water partition coefficient (Wildman–Crippen LogP) is 0.937. The van der Waals surface area contributed by atoms with Crippen LogP contribution in [0.3, 0.4) is 0 Å². The van der Waals surface area contributed by atoms with Crippen LogP contribution in [0.2, 0.25) is 0 Å². The van der Waals surface area contributed by atoms with E-state index in [1.165, 1.54) is 18.5 Å². The van der Waals surface area contributed by atoms with Crippen LogP contribution in [0.1, 0.15) is 15.9 Å². The van der Waals surface area contributed by atoms with Gasteiger partial charge in [-0.05, 0) is 12.1 Å². The first-order valence-electron chi connectivity index (χ1n) is 5.99. The number of benzene rings is 1. The van der Waals surface area contributed by atoms with Crippen LogP contribution < -0.4 is 16.5 Å². The highest BCUT2D eigenvalue weighted by atomic mass is 16.2. The van der Waals surface area contributed by atoms with Gasteiger partial charge in [-0.15, -0.1) is 0 Å². The van der Waals surface area contributed by atoms with Gasteiger partial charge in [0.25, 0.3) is 5.91 Å². The summed E-state index contributed by atoms with van der Waals surface area (Å²) in [4.78, 5) is 26.4. The molecule has 0 aliphatic heterocycles. The standard InChI is InChI=1S/C15H13N3O2/c16-8-3-5-11-4-1-2-6-13(11)18-15(20)12-10-17-9-7-14(12)19/h1-2,4,6-7,9-10H,8,16H2,(H,17,19)(H,18,20). The summed E-state index contributed by atoms with van der Waals surface area (Å²) in [5.41, 5.74) is 6.24. The third kappa shape index (κ3) is 3.13. The van der Waals surface area contributed by atoms with E-state index in [4.69, 9.17) is 5.73 Å². The molecule has 0 spiro atoms. The third-order valence-electron chi connectivity index (χ3n) is 2.57. The second-order valence-electron chi connectivity index (χ2n) is 3.93. The van der Waals surface area contributed by atoms with Gasteiger partial charge in [-0.1, -0.05) is 24.0 Å². The summed E-state index contributed by atoms with van der Waals surface area (Å²) in [7, 11) is 0. The summed E-state index contributed by atoms with van der Waals surface area (Å²) in [5.74, 6) is 5.12. The van der Waals surface area contributed by atoms with Crippen molar-refractivity contribution in [1.29, 1.82) is 0 Å². The molecule has 1 heterocycles. The molecular formula is C15H13N3O2. The van der Waals surface area contributed by atoms with Gasteiger partial charge in [0.05, 0.1) is 12.2 Å². The minimum Gasteiger partial charge on any atom is -0.367 e. The van der Waals surface area contributed by atoms with E-state index in [1.807, 2.05) is 6.07 Å². The molecule has 1 amide bonds. The first-order chi connectivity index (χ1) is 9.72. The van der Waals surface area contributed by atoms with E-state index in [0.29, 0.717) is 11.3 Å². The monoisotopic (exact) mass is 267 g/mol. The molecule has 1 aromatic heterocycles. The van der Waals surface area contributed by atoms with Crippen LogP contribution in [0.4, 0.5) is 5.69 Å². The van der Waals surface area contributed by atoms with Gasteiger partial charge >= 0.3 is 0 Å². The minimum atomic E-state index is -0.478. The van der Waals surface area contributed by atoms with Gasteiger partial charge in [-0.3, -0.25) is 9.59 Å². The highest BCUT2D eigenvalue weighted by Crippen LogP contribution is 2.14. The molecule has 0 atom stereocenters. The fraction of sp³-hybridized carbons (Fsp3) is 0.0667. The SMILES string of the molecule is NCC#Cc1ccccc1NC(=O)c1c[nH]ccc1=O. The van der Waals surface area contributed by atoms with E-state index in [1.54, 1.807) is 18.2 Å². The van der Waals surface area contributed by atoms with E-state index in [2.05, 4.69) is 22.1 Å². The normalized spacial score (nSPS) is 9.45. The van der Waals surface area contributed by atoms with Crippen molar-refractivity contribution in [3.8, 4) is 11.8 Å². The molecule has 0 aliphatic carbocycles. The number of aromatic amines is 1. The summed E-state index contributed by atoms with van der Waals surface area (Å²) in [6, 6.07) is 8.38. The Bertz CT molecular complexity index is 738. The third-order valence-corrected chi connectivity index (χ3v) is 2.57. The van der Waals surface area contributed by atoms with Crippen molar-refractivity contribution < 1.29 is 4.79 Å². The van der Waals surface area contributed by atoms with Crippen molar-refractivity contribution in [3.05, 3.63) is 64.1 Å². The van der Waals surface area contributed by atoms with Gasteiger partial charge in [0, 0.05) is 24.0 Å². The van der Waals surface area contributed by atoms with Crippen LogP contribution in [0.15, 0.2) is 47.5 Å². The van der Waals surface area contributed by atoms with Gasteiger partial charge in [-0.25, -0.2) is 0 Å². The summed E-state index contributed by atoms with van der Waals surface area (Å²) >= 11 is 0. The Hall–Kier alpha value is -2.84. The number of H-pyrrole nitrogens is 1. The van der Waals surface area contributed by atoms with Crippen LogP contribution in [0, 0.1) is 11.8 Å². The fourth-order valence-corrected chi connectivity index (χ4v) is 1.63. The van der Waals surface area contributed by atoms with Crippen LogP contribution in [-0.4, -0.2) is 17.4 Å². The largest absolute Gasteiger partial charge is 0.367 e. The van der Waals surface area contributed by atoms with Crippen LogP contribution in [-0.2, 0) is 0 Å². The Kier molecular flexibility index (Phi) is 4.32. The number of rotatable bonds is 2. The van der Waals surface area contributed by atoms with E-state index >= 15 is 0 Å². The van der Waals surface area contributed by atoms with Crippen molar-refractivity contribution in [2.45, 2.75) is 0 Å². The van der Waals surface area contributed by atoms with Crippen molar-refractivity contribution in [2.24, 2.45) is 5.73 Å². The molecule has 0 aliphatic rings. The molecule has 0 radical (unpaired) electrons. The zero-order valence-electron chi connectivity index (χ0n) is 10.6. The second-order valence-corrected chi connectivity index (χ2v) is 3.93. The van der Waals surface area contributed by atoms with Crippen LogP contribution >= 0.6 is 0 Å². The number of carbonyl (C=O) groups is 1. The van der Waals surface area contributed by atoms with Gasteiger partial charge in [0.2, 0.25) is 0 Å². The average molecular weight is 267 g/mol. The molecule has 0 saturated carbocycles. The molecule has 0 unspecified atom stereocenters. The highest BCUT2D eigenvalue weighted by molar-refractivity contribution is 6.04. The lowest BCUT2D eigenvalue weighted by atomic mass is 10.1. The topological polar surface area (TPSA) is 88.0 Å². The van der Waals surface area contributed by atoms with Gasteiger partial charge in [0.15, 0.2) is 5.43 Å². The van der Waals surface area contributed by atoms with E-state index < -0.39 is 5.91 Å². The second kappa shape index (κ2) is 6.36. The Morgan fingerprint density at radius 2 is 2.10 bits per heavy atom. The molecule has 5 heteroatoms. The Morgan fingerprint density at radius 1 is 1.30 bits per heavy atom. The zero-order valence-corrected chi connectivity index (χ0v) is 10.6. The number of para-hydroxylation sites is 1. The molecule has 5 nitrogen and oxygen atoms in total. The molecule has 100 valence electrons. The summed E-state index contributed by atoms with van der Waals surface area (Å²) < 4.78 is 0. The summed E-state index contributed by atoms with van der Waals surface area (Å²) in [6.45, 7) is 0.237. The first kappa shape index (κ1) is 13.6. The molecule has 1 aromatic carbocycles. The van der Waals surface area contributed by atoms with Crippen molar-refractivity contribution in [3.63, 3.8) is 0 Å². The lowest BCUT2D eigenvalue weighted by Gasteiger charge is -2.06. The molecule has 0 bridgehead atoms. The molecule has 2 aromatic rings. The predicted molar refractivity (Wildman–Crippen MR) is 77.4 cm³/mol. The Labute approximate surface area is 115 Å². The number of nitrogens with two attached hydrogens (primary N) is 1. The van der Waals surface area contributed by atoms with E-state index in [-0.39, 0.29) is 17.5 Å². The number of hydrogen-bond donors (Lipinski definition) is 3. The number of aromatic nitrogens is 1. The number of hydrogen-bond acceptors (Lipinski definition) is 3. The molecule has 2 rings (SSSR count). The molecule has 4 N–H and O–H groups in total. The lowest BCUT2D eigenvalue weighted by Crippen LogP contribution is -2.21. The average Bonchev–Trinajstić information content (AvgIpc) is 2.46. The summed E-state index contributed by atoms with van der Waals surface area (Å²) in [5, 5.41) is 2.67. The minimum absolute atomic E-state index is 0.0501. The zero-order chi connectivity index (χ0) is 14.4. The first-order valence-corrected chi connectivity index (χ1v) is 5.99. The van der Waals surface area contributed by atoms with Gasteiger partial charge < -0.3 is 16.0 Å². The number of carbonyl (C=O) groups excluding carboxylic acids is 1. The number of pyridine rings is 1.